The number of nitrogens with zero attached hydrogens (tertiary/aromatic N) is 1. The lowest BCUT2D eigenvalue weighted by Crippen LogP contribution is -2.33. The molecule has 118 valence electrons. The van der Waals surface area contributed by atoms with Crippen molar-refractivity contribution in [1.82, 2.24) is 10.3 Å². The first-order valence-corrected chi connectivity index (χ1v) is 7.95. The minimum Gasteiger partial charge on any atom is -0.496 e. The molecule has 0 radical (unpaired) electrons. The molecule has 1 N–H and O–H groups in total. The Bertz CT molecular complexity index is 456. The van der Waals surface area contributed by atoms with Crippen LogP contribution in [0.15, 0.2) is 6.20 Å². The predicted octanol–water partition coefficient (Wildman–Crippen LogP) is 2.65. The molecule has 4 heteroatoms. The van der Waals surface area contributed by atoms with E-state index in [2.05, 4.69) is 24.1 Å². The van der Waals surface area contributed by atoms with Gasteiger partial charge in [-0.2, -0.15) is 0 Å². The van der Waals surface area contributed by atoms with Crippen LogP contribution >= 0.6 is 0 Å². The molecule has 0 saturated carbocycles. The van der Waals surface area contributed by atoms with Crippen LogP contribution in [0, 0.1) is 19.8 Å². The molecule has 2 unspecified atom stereocenters. The molecule has 4 nitrogen and oxygen atoms in total. The van der Waals surface area contributed by atoms with Crippen molar-refractivity contribution in [1.29, 1.82) is 0 Å². The highest BCUT2D eigenvalue weighted by Gasteiger charge is 2.22. The Balaban J connectivity index is 2.08. The Morgan fingerprint density at radius 3 is 2.90 bits per heavy atom. The smallest absolute Gasteiger partial charge is 0.128 e. The minimum absolute atomic E-state index is 0.459. The van der Waals surface area contributed by atoms with Gasteiger partial charge in [0.15, 0.2) is 0 Å². The van der Waals surface area contributed by atoms with Crippen molar-refractivity contribution in [3.8, 4) is 5.75 Å². The molecular formula is C17H28N2O2. The highest BCUT2D eigenvalue weighted by molar-refractivity contribution is 5.41. The van der Waals surface area contributed by atoms with Crippen LogP contribution in [-0.4, -0.2) is 37.9 Å². The van der Waals surface area contributed by atoms with Gasteiger partial charge in [0.1, 0.15) is 5.75 Å². The van der Waals surface area contributed by atoms with E-state index in [1.807, 2.05) is 13.1 Å². The Kier molecular flexibility index (Phi) is 6.00. The monoisotopic (exact) mass is 292 g/mol. The van der Waals surface area contributed by atoms with Gasteiger partial charge in [-0.15, -0.1) is 0 Å². The maximum Gasteiger partial charge on any atom is 0.128 e. The van der Waals surface area contributed by atoms with Crippen molar-refractivity contribution >= 4 is 0 Å². The maximum atomic E-state index is 5.51. The highest BCUT2D eigenvalue weighted by Crippen LogP contribution is 2.26. The first-order valence-electron chi connectivity index (χ1n) is 7.95. The van der Waals surface area contributed by atoms with Crippen molar-refractivity contribution in [2.75, 3.05) is 26.9 Å². The molecule has 2 rings (SSSR count). The molecule has 0 aliphatic carbocycles. The number of aryl methyl sites for hydroxylation is 1. The normalized spacial score (nSPS) is 19.7. The SMILES string of the molecule is CCNC(Cc1ncc(C)c(OC)c1C)CC1CCOC1. The lowest BCUT2D eigenvalue weighted by Gasteiger charge is -2.22. The Labute approximate surface area is 128 Å². The summed E-state index contributed by atoms with van der Waals surface area (Å²) in [5.74, 6) is 1.65. The van der Waals surface area contributed by atoms with Gasteiger partial charge in [0.25, 0.3) is 0 Å². The van der Waals surface area contributed by atoms with Crippen molar-refractivity contribution < 1.29 is 9.47 Å². The van der Waals surface area contributed by atoms with E-state index in [1.54, 1.807) is 7.11 Å². The van der Waals surface area contributed by atoms with Gasteiger partial charge in [-0.1, -0.05) is 6.92 Å². The summed E-state index contributed by atoms with van der Waals surface area (Å²) in [6.45, 7) is 9.12. The van der Waals surface area contributed by atoms with Gasteiger partial charge in [0.2, 0.25) is 0 Å². The van der Waals surface area contributed by atoms with E-state index in [1.165, 1.54) is 12.0 Å². The van der Waals surface area contributed by atoms with E-state index >= 15 is 0 Å². The fourth-order valence-corrected chi connectivity index (χ4v) is 3.21. The average Bonchev–Trinajstić information content (AvgIpc) is 2.96. The molecule has 0 bridgehead atoms. The number of pyridine rings is 1. The van der Waals surface area contributed by atoms with E-state index in [-0.39, 0.29) is 0 Å². The number of hydrogen-bond donors (Lipinski definition) is 1. The van der Waals surface area contributed by atoms with Crippen LogP contribution in [0.5, 0.6) is 5.75 Å². The Morgan fingerprint density at radius 1 is 1.48 bits per heavy atom. The van der Waals surface area contributed by atoms with Gasteiger partial charge in [0.05, 0.1) is 7.11 Å². The first-order chi connectivity index (χ1) is 10.2. The van der Waals surface area contributed by atoms with Gasteiger partial charge >= 0.3 is 0 Å². The topological polar surface area (TPSA) is 43.4 Å². The van der Waals surface area contributed by atoms with Crippen LogP contribution in [0.25, 0.3) is 0 Å². The number of rotatable bonds is 7. The van der Waals surface area contributed by atoms with Crippen molar-refractivity contribution in [2.24, 2.45) is 5.92 Å². The molecule has 0 amide bonds. The Hall–Kier alpha value is -1.13. The summed E-state index contributed by atoms with van der Waals surface area (Å²) in [5, 5.41) is 3.60. The van der Waals surface area contributed by atoms with Crippen LogP contribution in [-0.2, 0) is 11.2 Å². The van der Waals surface area contributed by atoms with E-state index in [9.17, 15) is 0 Å². The number of likely N-dealkylation sites (N-methyl/N-ethyl adjacent to an activating group) is 1. The zero-order chi connectivity index (χ0) is 15.2. The second-order valence-corrected chi connectivity index (χ2v) is 5.97. The number of methoxy groups -OCH3 is 1. The van der Waals surface area contributed by atoms with Crippen LogP contribution in [0.1, 0.15) is 36.6 Å². The molecule has 1 fully saturated rings. The highest BCUT2D eigenvalue weighted by atomic mass is 16.5. The van der Waals surface area contributed by atoms with E-state index in [4.69, 9.17) is 9.47 Å². The molecule has 21 heavy (non-hydrogen) atoms. The standard InChI is InChI=1S/C17H28N2O2/c1-5-18-15(8-14-6-7-21-11-14)9-16-13(3)17(20-4)12(2)10-19-16/h10,14-15,18H,5-9,11H2,1-4H3. The molecule has 2 heterocycles. The summed E-state index contributed by atoms with van der Waals surface area (Å²) >= 11 is 0. The zero-order valence-electron chi connectivity index (χ0n) is 13.7. The maximum absolute atomic E-state index is 5.51. The lowest BCUT2D eigenvalue weighted by atomic mass is 9.94. The molecular weight excluding hydrogens is 264 g/mol. The number of aromatic nitrogens is 1. The number of ether oxygens (including phenoxy) is 2. The number of nitrogens with one attached hydrogen (secondary N) is 1. The summed E-state index contributed by atoms with van der Waals surface area (Å²) in [4.78, 5) is 4.63. The lowest BCUT2D eigenvalue weighted by molar-refractivity contribution is 0.181. The third kappa shape index (κ3) is 4.17. The molecule has 0 spiro atoms. The summed E-state index contributed by atoms with van der Waals surface area (Å²) in [6.07, 6.45) is 5.21. The molecule has 1 aromatic heterocycles. The third-order valence-electron chi connectivity index (χ3n) is 4.32. The molecule has 1 aromatic rings. The van der Waals surface area contributed by atoms with E-state index < -0.39 is 0 Å². The van der Waals surface area contributed by atoms with Gasteiger partial charge < -0.3 is 14.8 Å². The fourth-order valence-electron chi connectivity index (χ4n) is 3.21. The summed E-state index contributed by atoms with van der Waals surface area (Å²) in [6, 6.07) is 0.459. The summed E-state index contributed by atoms with van der Waals surface area (Å²) in [5.41, 5.74) is 3.41. The van der Waals surface area contributed by atoms with Crippen molar-refractivity contribution in [2.45, 2.75) is 46.1 Å². The molecule has 1 aliphatic heterocycles. The van der Waals surface area contributed by atoms with Crippen LogP contribution in [0.2, 0.25) is 0 Å². The second-order valence-electron chi connectivity index (χ2n) is 5.97. The summed E-state index contributed by atoms with van der Waals surface area (Å²) < 4.78 is 11.0. The van der Waals surface area contributed by atoms with Gasteiger partial charge in [-0.05, 0) is 39.2 Å². The molecule has 1 aliphatic rings. The average molecular weight is 292 g/mol. The van der Waals surface area contributed by atoms with Crippen LogP contribution in [0.4, 0.5) is 0 Å². The van der Waals surface area contributed by atoms with Crippen LogP contribution < -0.4 is 10.1 Å². The Morgan fingerprint density at radius 2 is 2.29 bits per heavy atom. The molecule has 0 aromatic carbocycles. The largest absolute Gasteiger partial charge is 0.496 e. The van der Waals surface area contributed by atoms with Crippen molar-refractivity contribution in [3.05, 3.63) is 23.0 Å². The first kappa shape index (κ1) is 16.2. The molecule has 2 atom stereocenters. The zero-order valence-corrected chi connectivity index (χ0v) is 13.7. The minimum atomic E-state index is 0.459. The summed E-state index contributed by atoms with van der Waals surface area (Å²) in [7, 11) is 1.73. The van der Waals surface area contributed by atoms with Gasteiger partial charge in [-0.25, -0.2) is 0 Å². The molecule has 1 saturated heterocycles. The number of hydrogen-bond acceptors (Lipinski definition) is 4. The van der Waals surface area contributed by atoms with E-state index in [0.29, 0.717) is 12.0 Å². The fraction of sp³-hybridized carbons (Fsp3) is 0.706. The van der Waals surface area contributed by atoms with Crippen molar-refractivity contribution in [3.63, 3.8) is 0 Å². The quantitative estimate of drug-likeness (QED) is 0.839. The second kappa shape index (κ2) is 7.76. The predicted molar refractivity (Wildman–Crippen MR) is 85.0 cm³/mol. The third-order valence-corrected chi connectivity index (χ3v) is 4.32. The van der Waals surface area contributed by atoms with Gasteiger partial charge in [0, 0.05) is 48.7 Å². The van der Waals surface area contributed by atoms with Gasteiger partial charge in [-0.3, -0.25) is 4.98 Å². The van der Waals surface area contributed by atoms with Crippen LogP contribution in [0.3, 0.4) is 0 Å². The van der Waals surface area contributed by atoms with E-state index in [0.717, 1.165) is 49.6 Å².